The first-order chi connectivity index (χ1) is 12.7. The summed E-state index contributed by atoms with van der Waals surface area (Å²) in [5.74, 6) is 0.738. The highest BCUT2D eigenvalue weighted by atomic mass is 35.5. The minimum Gasteiger partial charge on any atom is -0.353 e. The van der Waals surface area contributed by atoms with Crippen molar-refractivity contribution in [1.82, 2.24) is 19.3 Å². The van der Waals surface area contributed by atoms with Crippen LogP contribution in [0.3, 0.4) is 0 Å². The Kier molecular flexibility index (Phi) is 4.49. The third kappa shape index (κ3) is 3.12. The van der Waals surface area contributed by atoms with Gasteiger partial charge < -0.3 is 9.30 Å². The highest BCUT2D eigenvalue weighted by Crippen LogP contribution is 2.26. The van der Waals surface area contributed by atoms with E-state index in [1.165, 1.54) is 0 Å². The average molecular weight is 367 g/mol. The van der Waals surface area contributed by atoms with Crippen LogP contribution in [0.4, 0.5) is 5.82 Å². The summed E-state index contributed by atoms with van der Waals surface area (Å²) >= 11 is 6.10. The average Bonchev–Trinajstić information content (AvgIpc) is 3.07. The standard InChI is InChI=1S/C19H19ClN6/c1-14-16(10-21)19(22-11-17(14)20)25-8-6-24(7-9-25)12-15-13-26-5-3-2-4-18(26)23-15/h2-5,11,13H,6-9,12H2,1H3. The minimum atomic E-state index is 0.538. The second-order valence-electron chi connectivity index (χ2n) is 6.50. The number of pyridine rings is 2. The molecule has 1 saturated heterocycles. The Bertz CT molecular complexity index is 948. The molecule has 0 spiro atoms. The van der Waals surface area contributed by atoms with Gasteiger partial charge in [-0.1, -0.05) is 17.7 Å². The van der Waals surface area contributed by atoms with Crippen molar-refractivity contribution >= 4 is 23.1 Å². The van der Waals surface area contributed by atoms with Crippen LogP contribution in [0.5, 0.6) is 0 Å². The molecular formula is C19H19ClN6. The molecule has 132 valence electrons. The molecule has 0 unspecified atom stereocenters. The number of aromatic nitrogens is 3. The zero-order valence-electron chi connectivity index (χ0n) is 14.6. The van der Waals surface area contributed by atoms with E-state index in [-0.39, 0.29) is 0 Å². The molecule has 0 aromatic carbocycles. The number of piperazine rings is 1. The maximum atomic E-state index is 9.47. The molecule has 3 aromatic rings. The Morgan fingerprint density at radius 2 is 2.04 bits per heavy atom. The van der Waals surface area contributed by atoms with Gasteiger partial charge >= 0.3 is 0 Å². The number of imidazole rings is 1. The van der Waals surface area contributed by atoms with Crippen LogP contribution in [-0.2, 0) is 6.54 Å². The summed E-state index contributed by atoms with van der Waals surface area (Å²) < 4.78 is 2.05. The van der Waals surface area contributed by atoms with Crippen molar-refractivity contribution in [1.29, 1.82) is 5.26 Å². The van der Waals surface area contributed by atoms with Gasteiger partial charge in [0.05, 0.1) is 16.3 Å². The van der Waals surface area contributed by atoms with Crippen LogP contribution >= 0.6 is 11.6 Å². The molecule has 0 atom stereocenters. The van der Waals surface area contributed by atoms with Crippen molar-refractivity contribution in [3.63, 3.8) is 0 Å². The molecule has 1 aliphatic rings. The first-order valence-corrected chi connectivity index (χ1v) is 8.98. The summed E-state index contributed by atoms with van der Waals surface area (Å²) in [6, 6.07) is 8.27. The molecule has 0 radical (unpaired) electrons. The predicted molar refractivity (Wildman–Crippen MR) is 101 cm³/mol. The molecule has 4 heterocycles. The number of hydrogen-bond acceptors (Lipinski definition) is 5. The number of hydrogen-bond donors (Lipinski definition) is 0. The van der Waals surface area contributed by atoms with E-state index in [1.54, 1.807) is 6.20 Å². The van der Waals surface area contributed by atoms with Gasteiger partial charge in [0.2, 0.25) is 0 Å². The van der Waals surface area contributed by atoms with Crippen molar-refractivity contribution in [2.45, 2.75) is 13.5 Å². The first kappa shape index (κ1) is 16.8. The molecule has 0 saturated carbocycles. The first-order valence-electron chi connectivity index (χ1n) is 8.61. The number of halogens is 1. The number of anilines is 1. The molecule has 1 aliphatic heterocycles. The van der Waals surface area contributed by atoms with E-state index in [4.69, 9.17) is 11.6 Å². The quantitative estimate of drug-likeness (QED) is 0.713. The Hall–Kier alpha value is -2.62. The van der Waals surface area contributed by atoms with Gasteiger partial charge in [0.15, 0.2) is 0 Å². The van der Waals surface area contributed by atoms with Gasteiger partial charge in [-0.2, -0.15) is 5.26 Å². The maximum absolute atomic E-state index is 9.47. The lowest BCUT2D eigenvalue weighted by Gasteiger charge is -2.35. The van der Waals surface area contributed by atoms with E-state index < -0.39 is 0 Å². The van der Waals surface area contributed by atoms with E-state index in [0.29, 0.717) is 10.6 Å². The molecule has 1 fully saturated rings. The molecule has 0 bridgehead atoms. The van der Waals surface area contributed by atoms with Crippen LogP contribution in [0.25, 0.3) is 5.65 Å². The molecule has 0 N–H and O–H groups in total. The highest BCUT2D eigenvalue weighted by molar-refractivity contribution is 6.31. The van der Waals surface area contributed by atoms with Gasteiger partial charge in [-0.05, 0) is 24.6 Å². The Balaban J connectivity index is 1.44. The van der Waals surface area contributed by atoms with Gasteiger partial charge in [0.25, 0.3) is 0 Å². The van der Waals surface area contributed by atoms with Crippen LogP contribution in [-0.4, -0.2) is 45.4 Å². The maximum Gasteiger partial charge on any atom is 0.146 e. The predicted octanol–water partition coefficient (Wildman–Crippen LogP) is 2.89. The molecular weight excluding hydrogens is 348 g/mol. The molecule has 3 aromatic heterocycles. The summed E-state index contributed by atoms with van der Waals surface area (Å²) in [7, 11) is 0. The minimum absolute atomic E-state index is 0.538. The number of nitriles is 1. The SMILES string of the molecule is Cc1c(Cl)cnc(N2CCN(Cc3cn4ccccc4n3)CC2)c1C#N. The van der Waals surface area contributed by atoms with Gasteiger partial charge in [0.1, 0.15) is 17.5 Å². The Morgan fingerprint density at radius 1 is 1.23 bits per heavy atom. The van der Waals surface area contributed by atoms with E-state index in [0.717, 1.165) is 55.4 Å². The lowest BCUT2D eigenvalue weighted by atomic mass is 10.1. The summed E-state index contributed by atoms with van der Waals surface area (Å²) in [4.78, 5) is 13.6. The van der Waals surface area contributed by atoms with Crippen LogP contribution < -0.4 is 4.90 Å². The number of fused-ring (bicyclic) bond motifs is 1. The van der Waals surface area contributed by atoms with Crippen LogP contribution in [0, 0.1) is 18.3 Å². The largest absolute Gasteiger partial charge is 0.353 e. The zero-order chi connectivity index (χ0) is 18.1. The normalized spacial score (nSPS) is 15.3. The van der Waals surface area contributed by atoms with Crippen LogP contribution in [0.1, 0.15) is 16.8 Å². The monoisotopic (exact) mass is 366 g/mol. The molecule has 7 heteroatoms. The number of nitrogens with zero attached hydrogens (tertiary/aromatic N) is 6. The lowest BCUT2D eigenvalue weighted by molar-refractivity contribution is 0.247. The smallest absolute Gasteiger partial charge is 0.146 e. The molecule has 4 rings (SSSR count). The summed E-state index contributed by atoms with van der Waals surface area (Å²) in [6.07, 6.45) is 5.73. The van der Waals surface area contributed by atoms with Crippen molar-refractivity contribution in [2.75, 3.05) is 31.1 Å². The van der Waals surface area contributed by atoms with Gasteiger partial charge in [0, 0.05) is 51.3 Å². The van der Waals surface area contributed by atoms with Crippen molar-refractivity contribution in [3.8, 4) is 6.07 Å². The van der Waals surface area contributed by atoms with Crippen molar-refractivity contribution in [2.24, 2.45) is 0 Å². The zero-order valence-corrected chi connectivity index (χ0v) is 15.3. The van der Waals surface area contributed by atoms with E-state index in [9.17, 15) is 5.26 Å². The number of rotatable bonds is 3. The summed E-state index contributed by atoms with van der Waals surface area (Å²) in [5.41, 5.74) is 3.42. The van der Waals surface area contributed by atoms with E-state index >= 15 is 0 Å². The fraction of sp³-hybridized carbons (Fsp3) is 0.316. The fourth-order valence-corrected chi connectivity index (χ4v) is 3.49. The topological polar surface area (TPSA) is 60.5 Å². The van der Waals surface area contributed by atoms with E-state index in [1.807, 2.05) is 35.7 Å². The van der Waals surface area contributed by atoms with Crippen LogP contribution in [0.15, 0.2) is 36.8 Å². The Labute approximate surface area is 157 Å². The molecule has 0 aliphatic carbocycles. The van der Waals surface area contributed by atoms with Gasteiger partial charge in [-0.3, -0.25) is 4.90 Å². The van der Waals surface area contributed by atoms with Crippen molar-refractivity contribution in [3.05, 3.63) is 58.6 Å². The second kappa shape index (κ2) is 6.94. The molecule has 6 nitrogen and oxygen atoms in total. The summed E-state index contributed by atoms with van der Waals surface area (Å²) in [5, 5.41) is 10.0. The molecule has 0 amide bonds. The third-order valence-corrected chi connectivity index (χ3v) is 5.22. The van der Waals surface area contributed by atoms with Gasteiger partial charge in [-0.25, -0.2) is 9.97 Å². The molecule has 26 heavy (non-hydrogen) atoms. The third-order valence-electron chi connectivity index (χ3n) is 4.84. The fourth-order valence-electron chi connectivity index (χ4n) is 3.35. The van der Waals surface area contributed by atoms with Gasteiger partial charge in [-0.15, -0.1) is 0 Å². The van der Waals surface area contributed by atoms with E-state index in [2.05, 4.69) is 32.0 Å². The van der Waals surface area contributed by atoms with Crippen LogP contribution in [0.2, 0.25) is 5.02 Å². The van der Waals surface area contributed by atoms with Crippen molar-refractivity contribution < 1.29 is 0 Å². The Morgan fingerprint density at radius 3 is 2.77 bits per heavy atom. The lowest BCUT2D eigenvalue weighted by Crippen LogP contribution is -2.46. The summed E-state index contributed by atoms with van der Waals surface area (Å²) in [6.45, 7) is 6.16. The second-order valence-corrected chi connectivity index (χ2v) is 6.91. The highest BCUT2D eigenvalue weighted by Gasteiger charge is 2.22.